The predicted octanol–water partition coefficient (Wildman–Crippen LogP) is 4.60. The largest absolute Gasteiger partial charge is 0.465 e. The van der Waals surface area contributed by atoms with Gasteiger partial charge in [0.1, 0.15) is 0 Å². The summed E-state index contributed by atoms with van der Waals surface area (Å²) in [6.45, 7) is 2.87. The van der Waals surface area contributed by atoms with Crippen LogP contribution in [0.5, 0.6) is 0 Å². The Kier molecular flexibility index (Phi) is 7.12. The van der Waals surface area contributed by atoms with Gasteiger partial charge in [-0.2, -0.15) is 0 Å². The van der Waals surface area contributed by atoms with E-state index in [0.29, 0.717) is 27.9 Å². The van der Waals surface area contributed by atoms with Gasteiger partial charge in [-0.3, -0.25) is 0 Å². The molecule has 1 aliphatic rings. The maximum absolute atomic E-state index is 11.7. The third kappa shape index (κ3) is 5.36. The molecule has 0 unspecified atom stereocenters. The van der Waals surface area contributed by atoms with E-state index in [4.69, 9.17) is 28.6 Å². The fraction of sp³-hybridized carbons (Fsp3) is 0.333. The summed E-state index contributed by atoms with van der Waals surface area (Å²) in [4.78, 5) is 14.1. The number of benzene rings is 2. The number of hydrogen-bond donors (Lipinski definition) is 2. The van der Waals surface area contributed by atoms with Crippen molar-refractivity contribution in [2.24, 2.45) is 0 Å². The Bertz CT molecular complexity index is 836. The number of thiocarbonyl (C=S) groups is 1. The van der Waals surface area contributed by atoms with Crippen molar-refractivity contribution in [2.45, 2.75) is 25.8 Å². The predicted molar refractivity (Wildman–Crippen MR) is 118 cm³/mol. The van der Waals surface area contributed by atoms with Crippen LogP contribution in [0.4, 0.5) is 11.4 Å². The number of esters is 1. The first-order chi connectivity index (χ1) is 13.6. The zero-order valence-corrected chi connectivity index (χ0v) is 17.4. The number of methoxy groups -OCH3 is 1. The molecule has 1 heterocycles. The smallest absolute Gasteiger partial charge is 0.337 e. The maximum Gasteiger partial charge on any atom is 0.337 e. The Morgan fingerprint density at radius 2 is 1.86 bits per heavy atom. The summed E-state index contributed by atoms with van der Waals surface area (Å²) in [5.41, 5.74) is 3.38. The average molecular weight is 418 g/mol. The number of piperidine rings is 1. The first-order valence-corrected chi connectivity index (χ1v) is 10.1. The van der Waals surface area contributed by atoms with Gasteiger partial charge >= 0.3 is 5.97 Å². The van der Waals surface area contributed by atoms with Crippen molar-refractivity contribution in [3.8, 4) is 0 Å². The zero-order chi connectivity index (χ0) is 19.9. The summed E-state index contributed by atoms with van der Waals surface area (Å²) in [6, 6.07) is 13.4. The third-order valence-electron chi connectivity index (χ3n) is 4.75. The maximum atomic E-state index is 11.7. The van der Waals surface area contributed by atoms with Crippen molar-refractivity contribution < 1.29 is 9.53 Å². The van der Waals surface area contributed by atoms with Crippen LogP contribution in [0.2, 0.25) is 5.02 Å². The lowest BCUT2D eigenvalue weighted by Crippen LogP contribution is -2.29. The number of halogens is 1. The standard InChI is InChI=1S/C21H24ClN3O2S/c1-27-20(26)16-7-10-18(22)19(13-16)24-21(28)23-14-15-5-8-17(9-6-15)25-11-3-2-4-12-25/h5-10,13H,2-4,11-12,14H2,1H3,(H2,23,24,28). The van der Waals surface area contributed by atoms with Gasteiger partial charge in [0.2, 0.25) is 0 Å². The van der Waals surface area contributed by atoms with Gasteiger partial charge < -0.3 is 20.3 Å². The number of anilines is 2. The Morgan fingerprint density at radius 1 is 1.14 bits per heavy atom. The van der Waals surface area contributed by atoms with Crippen LogP contribution < -0.4 is 15.5 Å². The van der Waals surface area contributed by atoms with Crippen molar-refractivity contribution >= 4 is 46.3 Å². The molecular weight excluding hydrogens is 394 g/mol. The van der Waals surface area contributed by atoms with Crippen LogP contribution in [0.3, 0.4) is 0 Å². The van der Waals surface area contributed by atoms with Crippen molar-refractivity contribution in [2.75, 3.05) is 30.4 Å². The number of nitrogens with one attached hydrogen (secondary N) is 2. The van der Waals surface area contributed by atoms with Crippen LogP contribution >= 0.6 is 23.8 Å². The molecule has 5 nitrogen and oxygen atoms in total. The van der Waals surface area contributed by atoms with Gasteiger partial charge in [0.25, 0.3) is 0 Å². The summed E-state index contributed by atoms with van der Waals surface area (Å²) in [5.74, 6) is -0.424. The fourth-order valence-electron chi connectivity index (χ4n) is 3.19. The number of nitrogens with zero attached hydrogens (tertiary/aromatic N) is 1. The SMILES string of the molecule is COC(=O)c1ccc(Cl)c(NC(=S)NCc2ccc(N3CCCCC3)cc2)c1. The molecule has 0 bridgehead atoms. The van der Waals surface area contributed by atoms with Gasteiger partial charge in [-0.15, -0.1) is 0 Å². The molecule has 0 aromatic heterocycles. The summed E-state index contributed by atoms with van der Waals surface area (Å²) in [6.07, 6.45) is 3.86. The summed E-state index contributed by atoms with van der Waals surface area (Å²) < 4.78 is 4.73. The minimum atomic E-state index is -0.424. The second-order valence-electron chi connectivity index (χ2n) is 6.71. The number of carbonyl (C=O) groups excluding carboxylic acids is 1. The minimum absolute atomic E-state index is 0.408. The van der Waals surface area contributed by atoms with E-state index in [-0.39, 0.29) is 0 Å². The molecule has 0 spiro atoms. The van der Waals surface area contributed by atoms with Gasteiger partial charge in [0, 0.05) is 25.3 Å². The molecule has 2 N–H and O–H groups in total. The average Bonchev–Trinajstić information content (AvgIpc) is 2.74. The molecular formula is C21H24ClN3O2S. The van der Waals surface area contributed by atoms with E-state index in [2.05, 4.69) is 39.8 Å². The first kappa shape index (κ1) is 20.4. The molecule has 28 heavy (non-hydrogen) atoms. The van der Waals surface area contributed by atoms with Gasteiger partial charge in [-0.05, 0) is 67.4 Å². The monoisotopic (exact) mass is 417 g/mol. The second-order valence-corrected chi connectivity index (χ2v) is 7.52. The van der Waals surface area contributed by atoms with E-state index in [1.807, 2.05) is 0 Å². The Balaban J connectivity index is 1.55. The highest BCUT2D eigenvalue weighted by atomic mass is 35.5. The molecule has 3 rings (SSSR count). The summed E-state index contributed by atoms with van der Waals surface area (Å²) >= 11 is 11.5. The normalized spacial score (nSPS) is 13.7. The number of hydrogen-bond acceptors (Lipinski definition) is 4. The van der Waals surface area contributed by atoms with Crippen molar-refractivity contribution in [3.63, 3.8) is 0 Å². The first-order valence-electron chi connectivity index (χ1n) is 9.33. The molecule has 0 amide bonds. The van der Waals surface area contributed by atoms with Crippen molar-refractivity contribution in [1.29, 1.82) is 0 Å². The third-order valence-corrected chi connectivity index (χ3v) is 5.32. The lowest BCUT2D eigenvalue weighted by atomic mass is 10.1. The highest BCUT2D eigenvalue weighted by Crippen LogP contribution is 2.24. The molecule has 1 aliphatic heterocycles. The Labute approximate surface area is 176 Å². The molecule has 0 atom stereocenters. The van der Waals surface area contributed by atoms with Gasteiger partial charge in [0.05, 0.1) is 23.4 Å². The van der Waals surface area contributed by atoms with E-state index >= 15 is 0 Å². The van der Waals surface area contributed by atoms with E-state index in [9.17, 15) is 4.79 Å². The molecule has 0 radical (unpaired) electrons. The zero-order valence-electron chi connectivity index (χ0n) is 15.8. The van der Waals surface area contributed by atoms with Crippen LogP contribution in [0.15, 0.2) is 42.5 Å². The van der Waals surface area contributed by atoms with Crippen molar-refractivity contribution in [3.05, 3.63) is 58.6 Å². The fourth-order valence-corrected chi connectivity index (χ4v) is 3.54. The Hall–Kier alpha value is -2.31. The van der Waals surface area contributed by atoms with Gasteiger partial charge in [-0.1, -0.05) is 23.7 Å². The van der Waals surface area contributed by atoms with E-state index in [1.54, 1.807) is 18.2 Å². The number of ether oxygens (including phenoxy) is 1. The highest BCUT2D eigenvalue weighted by Gasteiger charge is 2.11. The van der Waals surface area contributed by atoms with Crippen LogP contribution in [0.25, 0.3) is 0 Å². The lowest BCUT2D eigenvalue weighted by Gasteiger charge is -2.28. The lowest BCUT2D eigenvalue weighted by molar-refractivity contribution is 0.0601. The van der Waals surface area contributed by atoms with Crippen LogP contribution in [0.1, 0.15) is 35.2 Å². The topological polar surface area (TPSA) is 53.6 Å². The van der Waals surface area contributed by atoms with Crippen LogP contribution in [-0.2, 0) is 11.3 Å². The molecule has 1 fully saturated rings. The second kappa shape index (κ2) is 9.75. The summed E-state index contributed by atoms with van der Waals surface area (Å²) in [5, 5.41) is 7.11. The van der Waals surface area contributed by atoms with E-state index < -0.39 is 5.97 Å². The minimum Gasteiger partial charge on any atom is -0.465 e. The molecule has 148 valence electrons. The van der Waals surface area contributed by atoms with Crippen LogP contribution in [0, 0.1) is 0 Å². The van der Waals surface area contributed by atoms with Crippen LogP contribution in [-0.4, -0.2) is 31.3 Å². The molecule has 2 aromatic carbocycles. The molecule has 0 saturated carbocycles. The van der Waals surface area contributed by atoms with Gasteiger partial charge in [-0.25, -0.2) is 4.79 Å². The number of rotatable bonds is 5. The highest BCUT2D eigenvalue weighted by molar-refractivity contribution is 7.80. The molecule has 0 aliphatic carbocycles. The molecule has 7 heteroatoms. The summed E-state index contributed by atoms with van der Waals surface area (Å²) in [7, 11) is 1.34. The molecule has 2 aromatic rings. The quantitative estimate of drug-likeness (QED) is 0.547. The van der Waals surface area contributed by atoms with Gasteiger partial charge in [0.15, 0.2) is 5.11 Å². The number of carbonyl (C=O) groups is 1. The van der Waals surface area contributed by atoms with E-state index in [0.717, 1.165) is 18.7 Å². The molecule has 1 saturated heterocycles. The Morgan fingerprint density at radius 3 is 2.54 bits per heavy atom. The van der Waals surface area contributed by atoms with Crippen molar-refractivity contribution in [1.82, 2.24) is 5.32 Å². The van der Waals surface area contributed by atoms with E-state index in [1.165, 1.54) is 32.1 Å².